The summed E-state index contributed by atoms with van der Waals surface area (Å²) in [6.07, 6.45) is 0. The van der Waals surface area contributed by atoms with Crippen LogP contribution in [0.1, 0.15) is 0 Å². The number of aromatic hydroxyl groups is 6. The number of para-hydroxylation sites is 1. The first-order valence-corrected chi connectivity index (χ1v) is 18.4. The van der Waals surface area contributed by atoms with E-state index in [-0.39, 0.29) is 48.9 Å². The van der Waals surface area contributed by atoms with Crippen molar-refractivity contribution in [2.75, 3.05) is 0 Å². The van der Waals surface area contributed by atoms with E-state index >= 15 is 0 Å². The molecule has 3 aromatic heterocycles. The van der Waals surface area contributed by atoms with Gasteiger partial charge in [-0.2, -0.15) is 0 Å². The van der Waals surface area contributed by atoms with E-state index < -0.39 is 34.5 Å². The average Bonchev–Trinajstić information content (AvgIpc) is 3.81. The number of hydrogen-bond acceptors (Lipinski definition) is 10. The van der Waals surface area contributed by atoms with Crippen molar-refractivity contribution in [1.82, 2.24) is 19.5 Å². The van der Waals surface area contributed by atoms with Crippen LogP contribution in [0.3, 0.4) is 0 Å². The van der Waals surface area contributed by atoms with Gasteiger partial charge in [0.1, 0.15) is 17.0 Å². The fourth-order valence-electron chi connectivity index (χ4n) is 7.59. The second-order valence-corrected chi connectivity index (χ2v) is 14.3. The molecule has 0 atom stereocenters. The van der Waals surface area contributed by atoms with E-state index in [2.05, 4.69) is 15.0 Å². The Bertz CT molecular complexity index is 3140. The summed E-state index contributed by atoms with van der Waals surface area (Å²) in [5.74, 6) is -3.34. The number of hydrogen-bond donors (Lipinski definition) is 6. The third kappa shape index (κ3) is 4.78. The van der Waals surface area contributed by atoms with Gasteiger partial charge in [0.2, 0.25) is 0 Å². The fraction of sp³-hybridized carbons (Fsp3) is 0. The number of phenols is 6. The van der Waals surface area contributed by atoms with Gasteiger partial charge in [-0.3, -0.25) is 0 Å². The highest BCUT2D eigenvalue weighted by molar-refractivity contribution is 7.26. The Morgan fingerprint density at radius 2 is 0.911 bits per heavy atom. The molecule has 0 bridgehead atoms. The lowest BCUT2D eigenvalue weighted by molar-refractivity contribution is 0.400. The van der Waals surface area contributed by atoms with Crippen LogP contribution >= 0.6 is 11.3 Å². The number of rotatable bonds is 5. The zero-order valence-electron chi connectivity index (χ0n) is 29.1. The van der Waals surface area contributed by atoms with E-state index in [0.717, 1.165) is 33.2 Å². The summed E-state index contributed by atoms with van der Waals surface area (Å²) in [5.41, 5.74) is 4.07. The van der Waals surface area contributed by atoms with Gasteiger partial charge in [0.25, 0.3) is 0 Å². The maximum Gasteiger partial charge on any atom is 0.186 e. The minimum Gasteiger partial charge on any atom is -0.506 e. The summed E-state index contributed by atoms with van der Waals surface area (Å²) in [5, 5.41) is 72.6. The minimum atomic E-state index is -0.718. The highest BCUT2D eigenvalue weighted by Crippen LogP contribution is 2.60. The predicted octanol–water partition coefficient (Wildman–Crippen LogP) is 10.2. The summed E-state index contributed by atoms with van der Waals surface area (Å²) < 4.78 is 1.69. The van der Waals surface area contributed by atoms with Crippen LogP contribution in [0.2, 0.25) is 0 Å². The van der Waals surface area contributed by atoms with Crippen molar-refractivity contribution in [3.05, 3.63) is 133 Å². The molecule has 0 saturated carbocycles. The molecule has 0 aliphatic heterocycles. The Kier molecular flexibility index (Phi) is 7.34. The molecule has 0 aliphatic carbocycles. The first-order chi connectivity index (χ1) is 27.3. The van der Waals surface area contributed by atoms with Gasteiger partial charge in [-0.1, -0.05) is 121 Å². The quantitative estimate of drug-likeness (QED) is 0.0741. The molecule has 11 heteroatoms. The maximum atomic E-state index is 12.2. The van der Waals surface area contributed by atoms with Crippen molar-refractivity contribution >= 4 is 53.3 Å². The van der Waals surface area contributed by atoms with Gasteiger partial charge < -0.3 is 35.2 Å². The molecule has 6 N–H and O–H groups in total. The van der Waals surface area contributed by atoms with Crippen molar-refractivity contribution in [1.29, 1.82) is 0 Å². The standard InChI is InChI=1S/C45H28N4O6S/c50-35-31-32-36(51)38(53)34(49-28-21-11-10-19-27(28)30-26(20-12-22-29(30)49)23-13-4-1-5-14-23)39(54)41(32)56-42(31)40(55)37(52)33(35)45-47-43(24-15-6-2-7-16-24)46-44(48-45)25-17-8-3-9-18-25/h1-22,50-55H. The third-order valence-corrected chi connectivity index (χ3v) is 11.3. The normalized spacial score (nSPS) is 11.6. The molecular formula is C45H28N4O6S. The highest BCUT2D eigenvalue weighted by atomic mass is 32.1. The van der Waals surface area contributed by atoms with Crippen LogP contribution in [-0.2, 0) is 0 Å². The van der Waals surface area contributed by atoms with Crippen LogP contribution in [0, 0.1) is 0 Å². The SMILES string of the molecule is Oc1c(-c2nc(-c3ccccc3)nc(-c3ccccc3)n2)c(O)c2c(sc3c(O)c(-n4c5ccccc5c5c(-c6ccccc6)cccc54)c(O)c(O)c32)c1O. The van der Waals surface area contributed by atoms with E-state index in [1.165, 1.54) is 0 Å². The van der Waals surface area contributed by atoms with Crippen LogP contribution in [0.5, 0.6) is 34.5 Å². The van der Waals surface area contributed by atoms with Crippen LogP contribution in [0.4, 0.5) is 0 Å². The van der Waals surface area contributed by atoms with Gasteiger partial charge in [0.15, 0.2) is 46.2 Å². The zero-order valence-corrected chi connectivity index (χ0v) is 29.9. The largest absolute Gasteiger partial charge is 0.506 e. The van der Waals surface area contributed by atoms with Crippen LogP contribution < -0.4 is 0 Å². The molecule has 270 valence electrons. The van der Waals surface area contributed by atoms with Crippen molar-refractivity contribution in [2.24, 2.45) is 0 Å². The van der Waals surface area contributed by atoms with E-state index in [0.29, 0.717) is 22.2 Å². The number of thiophene rings is 1. The van der Waals surface area contributed by atoms with Crippen LogP contribution in [-0.4, -0.2) is 50.2 Å². The summed E-state index contributed by atoms with van der Waals surface area (Å²) in [6, 6.07) is 41.4. The molecule has 0 spiro atoms. The van der Waals surface area contributed by atoms with E-state index in [9.17, 15) is 30.6 Å². The molecule has 10 nitrogen and oxygen atoms in total. The Labute approximate surface area is 321 Å². The first-order valence-electron chi connectivity index (χ1n) is 17.6. The molecule has 3 heterocycles. The Morgan fingerprint density at radius 3 is 1.55 bits per heavy atom. The smallest absolute Gasteiger partial charge is 0.186 e. The molecular weight excluding hydrogens is 725 g/mol. The number of nitrogens with zero attached hydrogens (tertiary/aromatic N) is 4. The number of aromatic nitrogens is 4. The van der Waals surface area contributed by atoms with Gasteiger partial charge in [0.05, 0.1) is 31.2 Å². The molecule has 0 aliphatic rings. The van der Waals surface area contributed by atoms with E-state index in [1.54, 1.807) is 4.57 Å². The zero-order chi connectivity index (χ0) is 38.2. The molecule has 0 fully saturated rings. The van der Waals surface area contributed by atoms with Gasteiger partial charge >= 0.3 is 0 Å². The molecule has 0 radical (unpaired) electrons. The molecule has 10 aromatic rings. The minimum absolute atomic E-state index is 0.0446. The number of phenolic OH excluding ortho intramolecular Hbond substituents is 6. The average molecular weight is 753 g/mol. The predicted molar refractivity (Wildman–Crippen MR) is 219 cm³/mol. The molecule has 0 unspecified atom stereocenters. The van der Waals surface area contributed by atoms with Crippen LogP contribution in [0.25, 0.3) is 93.0 Å². The summed E-state index contributed by atoms with van der Waals surface area (Å²) in [4.78, 5) is 13.9. The lowest BCUT2D eigenvalue weighted by Crippen LogP contribution is -2.00. The van der Waals surface area contributed by atoms with Gasteiger partial charge in [-0.25, -0.2) is 15.0 Å². The molecule has 0 saturated heterocycles. The van der Waals surface area contributed by atoms with Crippen molar-refractivity contribution in [2.45, 2.75) is 0 Å². The monoisotopic (exact) mass is 752 g/mol. The van der Waals surface area contributed by atoms with Crippen molar-refractivity contribution in [3.8, 4) is 85.5 Å². The molecule has 0 amide bonds. The Morgan fingerprint density at radius 1 is 0.393 bits per heavy atom. The molecule has 7 aromatic carbocycles. The summed E-state index contributed by atoms with van der Waals surface area (Å²) >= 11 is 0.835. The Balaban J connectivity index is 1.25. The second-order valence-electron chi connectivity index (χ2n) is 13.3. The molecule has 10 rings (SSSR count). The summed E-state index contributed by atoms with van der Waals surface area (Å²) in [7, 11) is 0. The van der Waals surface area contributed by atoms with Crippen molar-refractivity contribution in [3.63, 3.8) is 0 Å². The third-order valence-electron chi connectivity index (χ3n) is 10.1. The Hall–Kier alpha value is -7.63. The number of benzene rings is 7. The van der Waals surface area contributed by atoms with Gasteiger partial charge in [0, 0.05) is 21.9 Å². The summed E-state index contributed by atoms with van der Waals surface area (Å²) in [6.45, 7) is 0. The second kappa shape index (κ2) is 12.5. The topological polar surface area (TPSA) is 165 Å². The van der Waals surface area contributed by atoms with Crippen LogP contribution in [0.15, 0.2) is 133 Å². The lowest BCUT2D eigenvalue weighted by Gasteiger charge is -2.15. The van der Waals surface area contributed by atoms with E-state index in [1.807, 2.05) is 133 Å². The van der Waals surface area contributed by atoms with E-state index in [4.69, 9.17) is 0 Å². The number of fused-ring (bicyclic) bond motifs is 6. The first kappa shape index (κ1) is 33.0. The maximum absolute atomic E-state index is 12.2. The fourth-order valence-corrected chi connectivity index (χ4v) is 8.78. The lowest BCUT2D eigenvalue weighted by atomic mass is 9.99. The van der Waals surface area contributed by atoms with Gasteiger partial charge in [-0.15, -0.1) is 11.3 Å². The highest BCUT2D eigenvalue weighted by Gasteiger charge is 2.32. The van der Waals surface area contributed by atoms with Gasteiger partial charge in [-0.05, 0) is 23.3 Å². The molecule has 56 heavy (non-hydrogen) atoms. The van der Waals surface area contributed by atoms with Crippen molar-refractivity contribution < 1.29 is 30.6 Å².